The molecule has 10 nitrogen and oxygen atoms in total. The summed E-state index contributed by atoms with van der Waals surface area (Å²) >= 11 is 0. The number of urea groups is 1. The number of piperazine rings is 1. The van der Waals surface area contributed by atoms with Gasteiger partial charge >= 0.3 is 6.03 Å². The van der Waals surface area contributed by atoms with Gasteiger partial charge in [-0.1, -0.05) is 74.5 Å². The Morgan fingerprint density at radius 1 is 0.907 bits per heavy atom. The molecule has 3 aliphatic heterocycles. The Kier molecular flexibility index (Phi) is 9.46. The predicted octanol–water partition coefficient (Wildman–Crippen LogP) is 3.24. The number of hydrogen-bond acceptors (Lipinski definition) is 6. The Morgan fingerprint density at radius 3 is 2.05 bits per heavy atom. The third kappa shape index (κ3) is 6.03. The van der Waals surface area contributed by atoms with Crippen LogP contribution in [0.4, 0.5) is 4.79 Å². The number of β-lactam (4-membered cyclic amide) rings is 1. The number of nitrogens with zero attached hydrogens (tertiary/aromatic N) is 4. The summed E-state index contributed by atoms with van der Waals surface area (Å²) < 4.78 is 6.07. The molecule has 0 radical (unpaired) electrons. The van der Waals surface area contributed by atoms with Gasteiger partial charge in [0, 0.05) is 32.7 Å². The molecule has 5 rings (SSSR count). The molecule has 0 saturated carbocycles. The lowest BCUT2D eigenvalue weighted by atomic mass is 9.72. The molecule has 43 heavy (non-hydrogen) atoms. The van der Waals surface area contributed by atoms with Crippen molar-refractivity contribution in [3.8, 4) is 0 Å². The zero-order valence-corrected chi connectivity index (χ0v) is 25.4. The lowest BCUT2D eigenvalue weighted by Crippen LogP contribution is -2.73. The SMILES string of the molecule is CCC1(CC)C(=O)N(C(=O)N[C@@H]2CCCN2C(=O)C(c2ccccc2)c2ccccc2)C1OCC(=O)N1CCN(C)CC1. The second-order valence-corrected chi connectivity index (χ2v) is 11.8. The number of ether oxygens (including phenoxy) is 1. The Morgan fingerprint density at radius 2 is 1.49 bits per heavy atom. The summed E-state index contributed by atoms with van der Waals surface area (Å²) in [6, 6.07) is 18.7. The maximum atomic E-state index is 14.1. The molecule has 230 valence electrons. The summed E-state index contributed by atoms with van der Waals surface area (Å²) in [5.74, 6) is -1.07. The van der Waals surface area contributed by atoms with Gasteiger partial charge in [-0.05, 0) is 43.9 Å². The summed E-state index contributed by atoms with van der Waals surface area (Å²) in [5, 5.41) is 2.96. The highest BCUT2D eigenvalue weighted by Gasteiger charge is 2.62. The Balaban J connectivity index is 1.30. The van der Waals surface area contributed by atoms with E-state index >= 15 is 0 Å². The smallest absolute Gasteiger partial charge is 0.327 e. The van der Waals surface area contributed by atoms with Gasteiger partial charge in [0.2, 0.25) is 17.7 Å². The topological polar surface area (TPSA) is 102 Å². The molecule has 0 spiro atoms. The normalized spacial score (nSPS) is 22.0. The van der Waals surface area contributed by atoms with E-state index in [0.717, 1.165) is 35.5 Å². The molecule has 10 heteroatoms. The largest absolute Gasteiger partial charge is 0.347 e. The number of likely N-dealkylation sites (tertiary alicyclic amines) is 2. The van der Waals surface area contributed by atoms with Gasteiger partial charge in [0.15, 0.2) is 6.23 Å². The van der Waals surface area contributed by atoms with Gasteiger partial charge in [-0.2, -0.15) is 0 Å². The van der Waals surface area contributed by atoms with Crippen molar-refractivity contribution in [2.75, 3.05) is 46.4 Å². The van der Waals surface area contributed by atoms with Crippen molar-refractivity contribution in [1.82, 2.24) is 24.9 Å². The van der Waals surface area contributed by atoms with Crippen molar-refractivity contribution in [1.29, 1.82) is 0 Å². The van der Waals surface area contributed by atoms with Crippen molar-refractivity contribution >= 4 is 23.8 Å². The van der Waals surface area contributed by atoms with E-state index in [0.29, 0.717) is 38.9 Å². The first-order valence-electron chi connectivity index (χ1n) is 15.4. The summed E-state index contributed by atoms with van der Waals surface area (Å²) in [7, 11) is 2.02. The van der Waals surface area contributed by atoms with E-state index in [1.165, 1.54) is 0 Å². The second kappa shape index (κ2) is 13.3. The van der Waals surface area contributed by atoms with Crippen molar-refractivity contribution in [2.24, 2.45) is 5.41 Å². The molecular formula is C33H43N5O5. The van der Waals surface area contributed by atoms with Gasteiger partial charge in [-0.3, -0.25) is 14.4 Å². The lowest BCUT2D eigenvalue weighted by molar-refractivity contribution is -0.212. The van der Waals surface area contributed by atoms with Crippen LogP contribution < -0.4 is 5.32 Å². The summed E-state index contributed by atoms with van der Waals surface area (Å²) in [5.41, 5.74) is 0.891. The molecular weight excluding hydrogens is 546 g/mol. The van der Waals surface area contributed by atoms with Crippen LogP contribution in [0.3, 0.4) is 0 Å². The van der Waals surface area contributed by atoms with Crippen LogP contribution in [0.25, 0.3) is 0 Å². The van der Waals surface area contributed by atoms with Gasteiger partial charge in [0.25, 0.3) is 0 Å². The van der Waals surface area contributed by atoms with E-state index in [-0.39, 0.29) is 24.3 Å². The highest BCUT2D eigenvalue weighted by Crippen LogP contribution is 2.46. The number of likely N-dealkylation sites (N-methyl/N-ethyl adjacent to an activating group) is 1. The molecule has 0 bridgehead atoms. The van der Waals surface area contributed by atoms with Crippen LogP contribution in [0, 0.1) is 5.41 Å². The minimum Gasteiger partial charge on any atom is -0.347 e. The van der Waals surface area contributed by atoms with Crippen molar-refractivity contribution in [2.45, 2.75) is 57.8 Å². The van der Waals surface area contributed by atoms with Gasteiger partial charge in [0.1, 0.15) is 12.8 Å². The van der Waals surface area contributed by atoms with E-state index in [2.05, 4.69) is 10.2 Å². The fourth-order valence-electron chi connectivity index (χ4n) is 6.59. The van der Waals surface area contributed by atoms with Crippen molar-refractivity contribution < 1.29 is 23.9 Å². The van der Waals surface area contributed by atoms with E-state index in [4.69, 9.17) is 4.74 Å². The van der Waals surface area contributed by atoms with Crippen LogP contribution in [0.5, 0.6) is 0 Å². The third-order valence-corrected chi connectivity index (χ3v) is 9.39. The number of nitrogens with one attached hydrogen (secondary N) is 1. The van der Waals surface area contributed by atoms with Crippen LogP contribution >= 0.6 is 0 Å². The van der Waals surface area contributed by atoms with E-state index in [1.54, 1.807) is 9.80 Å². The Labute approximate surface area is 253 Å². The number of imide groups is 1. The average Bonchev–Trinajstić information content (AvgIpc) is 3.49. The van der Waals surface area contributed by atoms with E-state index in [9.17, 15) is 19.2 Å². The molecule has 2 aromatic carbocycles. The van der Waals surface area contributed by atoms with Crippen LogP contribution in [-0.4, -0.2) is 102 Å². The van der Waals surface area contributed by atoms with Crippen LogP contribution in [0.1, 0.15) is 56.6 Å². The van der Waals surface area contributed by atoms with Crippen LogP contribution in [0.15, 0.2) is 60.7 Å². The fourth-order valence-corrected chi connectivity index (χ4v) is 6.59. The molecule has 3 heterocycles. The number of amides is 5. The quantitative estimate of drug-likeness (QED) is 0.451. The first kappa shape index (κ1) is 30.7. The van der Waals surface area contributed by atoms with Gasteiger partial charge in [-0.15, -0.1) is 0 Å². The highest BCUT2D eigenvalue weighted by molar-refractivity contribution is 6.03. The van der Waals surface area contributed by atoms with E-state index in [1.807, 2.05) is 81.6 Å². The molecule has 1 unspecified atom stereocenters. The van der Waals surface area contributed by atoms with Crippen molar-refractivity contribution in [3.63, 3.8) is 0 Å². The maximum absolute atomic E-state index is 14.1. The second-order valence-electron chi connectivity index (χ2n) is 11.8. The number of carbonyl (C=O) groups excluding carboxylic acids is 4. The first-order valence-corrected chi connectivity index (χ1v) is 15.4. The highest BCUT2D eigenvalue weighted by atomic mass is 16.5. The van der Waals surface area contributed by atoms with Crippen LogP contribution in [-0.2, 0) is 19.1 Å². The van der Waals surface area contributed by atoms with Gasteiger partial charge in [-0.25, -0.2) is 9.69 Å². The first-order chi connectivity index (χ1) is 20.8. The Bertz CT molecular complexity index is 1250. The third-order valence-electron chi connectivity index (χ3n) is 9.39. The molecule has 3 saturated heterocycles. The standard InChI is InChI=1S/C33H43N5O5/c1-4-33(5-2)30(41)38(31(33)43-23-27(39)36-21-19-35(3)20-22-36)32(42)34-26-17-12-18-37(26)29(40)28(24-13-8-6-9-14-24)25-15-10-7-11-16-25/h6-11,13-16,26,28,31H,4-5,12,17-23H2,1-3H3,(H,34,42)/t26-,31?/m0/s1. The molecule has 3 aliphatic rings. The molecule has 0 aliphatic carbocycles. The number of rotatable bonds is 9. The summed E-state index contributed by atoms with van der Waals surface area (Å²) in [6.45, 7) is 6.94. The number of carbonyl (C=O) groups is 4. The molecule has 0 aromatic heterocycles. The molecule has 3 fully saturated rings. The maximum Gasteiger partial charge on any atom is 0.327 e. The Hall–Kier alpha value is -3.76. The summed E-state index contributed by atoms with van der Waals surface area (Å²) in [6.07, 6.45) is 0.878. The number of benzene rings is 2. The van der Waals surface area contributed by atoms with Crippen LogP contribution in [0.2, 0.25) is 0 Å². The van der Waals surface area contributed by atoms with Gasteiger partial charge < -0.3 is 24.8 Å². The molecule has 5 amide bonds. The number of hydrogen-bond donors (Lipinski definition) is 1. The zero-order valence-electron chi connectivity index (χ0n) is 25.4. The molecule has 2 atom stereocenters. The minimum absolute atomic E-state index is 0.0998. The monoisotopic (exact) mass is 589 g/mol. The summed E-state index contributed by atoms with van der Waals surface area (Å²) in [4.78, 5) is 60.9. The average molecular weight is 590 g/mol. The predicted molar refractivity (Wildman–Crippen MR) is 162 cm³/mol. The lowest BCUT2D eigenvalue weighted by Gasteiger charge is -2.53. The zero-order chi connectivity index (χ0) is 30.6. The van der Waals surface area contributed by atoms with Crippen molar-refractivity contribution in [3.05, 3.63) is 71.8 Å². The van der Waals surface area contributed by atoms with Gasteiger partial charge in [0.05, 0.1) is 11.3 Å². The minimum atomic E-state index is -0.864. The molecule has 2 aromatic rings. The van der Waals surface area contributed by atoms with E-state index < -0.39 is 29.8 Å². The molecule has 1 N–H and O–H groups in total. The fraction of sp³-hybridized carbons (Fsp3) is 0.515.